The highest BCUT2D eigenvalue weighted by molar-refractivity contribution is 4.95. The molecule has 2 saturated heterocycles. The number of ether oxygens (including phenoxy) is 3. The molecule has 7 N–H and O–H groups in total. The maximum Gasteiger partial charge on any atom is 0.189 e. The fourth-order valence-electron chi connectivity index (χ4n) is 2.69. The molecule has 2 fully saturated rings. The monoisotopic (exact) mass is 367 g/mol. The number of aliphatic hydroxyl groups excluding tert-OH is 7. The van der Waals surface area contributed by atoms with Crippen LogP contribution in [0, 0.1) is 0 Å². The summed E-state index contributed by atoms with van der Waals surface area (Å²) in [5.74, 6) is 0. The Hall–Kier alpha value is -1.09. The number of aliphatic hydroxyl groups is 7. The molecule has 13 heteroatoms. The zero-order valence-corrected chi connectivity index (χ0v) is 12.9. The van der Waals surface area contributed by atoms with Gasteiger partial charge < -0.3 is 50.0 Å². The van der Waals surface area contributed by atoms with Gasteiger partial charge in [-0.3, -0.25) is 0 Å². The van der Waals surface area contributed by atoms with Crippen molar-refractivity contribution < 1.29 is 50.0 Å². The second kappa shape index (κ2) is 8.53. The molecule has 0 aromatic carbocycles. The fourth-order valence-corrected chi connectivity index (χ4v) is 2.69. The summed E-state index contributed by atoms with van der Waals surface area (Å²) in [6.45, 7) is -1.36. The summed E-state index contributed by atoms with van der Waals surface area (Å²) in [6, 6.07) is -1.41. The molecule has 25 heavy (non-hydrogen) atoms. The first-order valence-electron chi connectivity index (χ1n) is 7.48. The third-order valence-electron chi connectivity index (χ3n) is 4.15. The highest BCUT2D eigenvalue weighted by atomic mass is 16.8. The van der Waals surface area contributed by atoms with E-state index >= 15 is 0 Å². The summed E-state index contributed by atoms with van der Waals surface area (Å²) < 4.78 is 15.5. The van der Waals surface area contributed by atoms with Crippen molar-refractivity contribution in [1.82, 2.24) is 0 Å². The molecule has 0 saturated carbocycles. The Morgan fingerprint density at radius 1 is 0.800 bits per heavy atom. The van der Waals surface area contributed by atoms with E-state index in [2.05, 4.69) is 10.0 Å². The molecular weight excluding hydrogens is 346 g/mol. The third kappa shape index (κ3) is 4.02. The van der Waals surface area contributed by atoms with Crippen LogP contribution in [0.1, 0.15) is 0 Å². The maximum absolute atomic E-state index is 10.1. The van der Waals surface area contributed by atoms with E-state index in [1.807, 2.05) is 0 Å². The smallest absolute Gasteiger partial charge is 0.189 e. The van der Waals surface area contributed by atoms with E-state index in [1.165, 1.54) is 0 Å². The number of hydrogen-bond donors (Lipinski definition) is 7. The molecule has 144 valence electrons. The highest BCUT2D eigenvalue weighted by Gasteiger charge is 2.49. The predicted molar refractivity (Wildman–Crippen MR) is 75.5 cm³/mol. The Balaban J connectivity index is 2.15. The Bertz CT molecular complexity index is 490. The van der Waals surface area contributed by atoms with Crippen LogP contribution < -0.4 is 0 Å². The quantitative estimate of drug-likeness (QED) is 0.141. The van der Waals surface area contributed by atoms with Gasteiger partial charge in [-0.1, -0.05) is 5.11 Å². The Kier molecular flexibility index (Phi) is 6.90. The minimum atomic E-state index is -1.74. The van der Waals surface area contributed by atoms with Crippen molar-refractivity contribution in [3.63, 3.8) is 0 Å². The largest absolute Gasteiger partial charge is 0.394 e. The van der Waals surface area contributed by atoms with Crippen molar-refractivity contribution in [3.8, 4) is 0 Å². The third-order valence-corrected chi connectivity index (χ3v) is 4.15. The number of nitrogens with zero attached hydrogens (tertiary/aromatic N) is 3. The zero-order valence-electron chi connectivity index (χ0n) is 12.9. The van der Waals surface area contributed by atoms with E-state index in [0.29, 0.717) is 0 Å². The fraction of sp³-hybridized carbons (Fsp3) is 1.00. The summed E-state index contributed by atoms with van der Waals surface area (Å²) in [5.41, 5.74) is 8.53. The van der Waals surface area contributed by atoms with Gasteiger partial charge in [-0.15, -0.1) is 0 Å². The molecule has 2 heterocycles. The number of hydrogen-bond acceptors (Lipinski definition) is 11. The van der Waals surface area contributed by atoms with Crippen LogP contribution in [0.3, 0.4) is 0 Å². The van der Waals surface area contributed by atoms with Crippen molar-refractivity contribution in [2.24, 2.45) is 5.11 Å². The lowest BCUT2D eigenvalue weighted by Gasteiger charge is -2.44. The first-order valence-corrected chi connectivity index (χ1v) is 7.48. The zero-order chi connectivity index (χ0) is 18.7. The minimum absolute atomic E-state index is 0.681. The summed E-state index contributed by atoms with van der Waals surface area (Å²) in [6.07, 6.45) is -13.9. The lowest BCUT2D eigenvalue weighted by molar-refractivity contribution is -0.368. The lowest BCUT2D eigenvalue weighted by atomic mass is 9.96. The van der Waals surface area contributed by atoms with Crippen LogP contribution in [-0.2, 0) is 14.2 Å². The van der Waals surface area contributed by atoms with Crippen LogP contribution in [-0.4, -0.2) is 110 Å². The van der Waals surface area contributed by atoms with Crippen LogP contribution in [0.4, 0.5) is 0 Å². The lowest BCUT2D eigenvalue weighted by Crippen LogP contribution is -2.63. The van der Waals surface area contributed by atoms with Crippen LogP contribution in [0.5, 0.6) is 0 Å². The molecule has 2 rings (SSSR count). The van der Waals surface area contributed by atoms with Crippen molar-refractivity contribution in [2.45, 2.75) is 61.3 Å². The van der Waals surface area contributed by atoms with E-state index in [1.54, 1.807) is 0 Å². The Labute approximate surface area is 141 Å². The van der Waals surface area contributed by atoms with Gasteiger partial charge in [0, 0.05) is 4.91 Å². The second-order valence-corrected chi connectivity index (χ2v) is 5.74. The summed E-state index contributed by atoms with van der Waals surface area (Å²) in [5, 5.41) is 71.0. The average Bonchev–Trinajstić information content (AvgIpc) is 2.61. The molecule has 0 aromatic rings. The molecule has 0 aliphatic carbocycles. The van der Waals surface area contributed by atoms with E-state index in [-0.39, 0.29) is 0 Å². The Morgan fingerprint density at radius 2 is 1.32 bits per heavy atom. The topological polar surface area (TPSA) is 218 Å². The van der Waals surface area contributed by atoms with E-state index in [0.717, 1.165) is 0 Å². The van der Waals surface area contributed by atoms with E-state index in [9.17, 15) is 30.6 Å². The standard InChI is InChI=1S/C12H21N3O10/c13-15-14-5-6(18)3(1-16)23-11(8(5)20)25-12-10(22)9(21)7(19)4(2-17)24-12/h3-12,16-22H,1-2H2/t3-,4-,5+,6-,7-,8-,9+,10-,11-,12-/m1/s1. The van der Waals surface area contributed by atoms with Gasteiger partial charge in [-0.2, -0.15) is 0 Å². The number of rotatable bonds is 5. The second-order valence-electron chi connectivity index (χ2n) is 5.74. The average molecular weight is 367 g/mol. The van der Waals surface area contributed by atoms with Crippen molar-refractivity contribution in [1.29, 1.82) is 0 Å². The Morgan fingerprint density at radius 3 is 1.84 bits per heavy atom. The minimum Gasteiger partial charge on any atom is -0.394 e. The molecule has 0 radical (unpaired) electrons. The summed E-state index contributed by atoms with van der Waals surface area (Å²) in [4.78, 5) is 2.50. The molecule has 2 aliphatic heterocycles. The van der Waals surface area contributed by atoms with Crippen molar-refractivity contribution in [2.75, 3.05) is 13.2 Å². The molecule has 0 amide bonds. The van der Waals surface area contributed by atoms with Crippen LogP contribution in [0.15, 0.2) is 5.11 Å². The molecule has 10 atom stereocenters. The van der Waals surface area contributed by atoms with Gasteiger partial charge in [0.05, 0.1) is 25.4 Å². The normalized spacial score (nSPS) is 48.0. The summed E-state index contributed by atoms with van der Waals surface area (Å²) in [7, 11) is 0. The van der Waals surface area contributed by atoms with Crippen molar-refractivity contribution >= 4 is 0 Å². The summed E-state index contributed by atoms with van der Waals surface area (Å²) >= 11 is 0. The van der Waals surface area contributed by atoms with Gasteiger partial charge in [0.15, 0.2) is 12.6 Å². The van der Waals surface area contributed by atoms with Gasteiger partial charge in [-0.25, -0.2) is 0 Å². The van der Waals surface area contributed by atoms with Gasteiger partial charge in [0.25, 0.3) is 0 Å². The molecule has 0 unspecified atom stereocenters. The van der Waals surface area contributed by atoms with Crippen LogP contribution in [0.25, 0.3) is 10.4 Å². The van der Waals surface area contributed by atoms with Gasteiger partial charge in [-0.05, 0) is 5.53 Å². The van der Waals surface area contributed by atoms with E-state index < -0.39 is 74.6 Å². The molecule has 0 spiro atoms. The molecule has 2 aliphatic rings. The van der Waals surface area contributed by atoms with Gasteiger partial charge >= 0.3 is 0 Å². The van der Waals surface area contributed by atoms with Gasteiger partial charge in [0.1, 0.15) is 36.6 Å². The molecule has 0 bridgehead atoms. The number of azide groups is 1. The molecular formula is C12H21N3O10. The highest BCUT2D eigenvalue weighted by Crippen LogP contribution is 2.29. The van der Waals surface area contributed by atoms with Gasteiger partial charge in [0.2, 0.25) is 0 Å². The van der Waals surface area contributed by atoms with Crippen molar-refractivity contribution in [3.05, 3.63) is 10.4 Å². The SMILES string of the molecule is [N-]=[N+]=N[C@@H]1[C@@H](O)[C@@H](O[C@H]2O[C@H](CO)[C@@H](O)[C@H](O)[C@H]2O)O[C@H](CO)[C@H]1O. The van der Waals surface area contributed by atoms with E-state index in [4.69, 9.17) is 24.8 Å². The first-order chi connectivity index (χ1) is 11.8. The van der Waals surface area contributed by atoms with Crippen LogP contribution >= 0.6 is 0 Å². The predicted octanol–water partition coefficient (Wildman–Crippen LogP) is -4.08. The first kappa shape index (κ1) is 20.2. The van der Waals surface area contributed by atoms with Crippen LogP contribution in [0.2, 0.25) is 0 Å². The molecule has 13 nitrogen and oxygen atoms in total. The molecule has 0 aromatic heterocycles. The maximum atomic E-state index is 10.1.